The summed E-state index contributed by atoms with van der Waals surface area (Å²) in [6, 6.07) is 12.5. The monoisotopic (exact) mass is 400 g/mol. The lowest BCUT2D eigenvalue weighted by Crippen LogP contribution is -2.44. The van der Waals surface area contributed by atoms with Gasteiger partial charge in [0.15, 0.2) is 5.65 Å². The molecular weight excluding hydrogens is 376 g/mol. The third-order valence-electron chi connectivity index (χ3n) is 5.45. The van der Waals surface area contributed by atoms with Gasteiger partial charge in [-0.2, -0.15) is 4.98 Å². The second-order valence-electron chi connectivity index (χ2n) is 7.46. The maximum Gasteiger partial charge on any atom is 0.222 e. The van der Waals surface area contributed by atoms with Gasteiger partial charge in [0.2, 0.25) is 5.95 Å². The molecule has 0 atom stereocenters. The average Bonchev–Trinajstić information content (AvgIpc) is 3.18. The van der Waals surface area contributed by atoms with Crippen LogP contribution in [0.25, 0.3) is 28.2 Å². The highest BCUT2D eigenvalue weighted by Crippen LogP contribution is 2.28. The van der Waals surface area contributed by atoms with Crippen LogP contribution in [0, 0.1) is 0 Å². The summed E-state index contributed by atoms with van der Waals surface area (Å²) in [5.41, 5.74) is 10.6. The van der Waals surface area contributed by atoms with Crippen LogP contribution in [-0.2, 0) is 6.42 Å². The van der Waals surface area contributed by atoms with Crippen LogP contribution in [0.5, 0.6) is 0 Å². The highest BCUT2D eigenvalue weighted by molar-refractivity contribution is 5.80. The number of benzene rings is 1. The largest absolute Gasteiger partial charge is 0.368 e. The quantitative estimate of drug-likeness (QED) is 0.528. The van der Waals surface area contributed by atoms with E-state index in [1.807, 2.05) is 12.1 Å². The number of nitrogen functional groups attached to an aromatic ring is 1. The van der Waals surface area contributed by atoms with E-state index in [9.17, 15) is 0 Å². The number of nitrogens with one attached hydrogen (secondary N) is 1. The molecule has 1 saturated heterocycles. The predicted molar refractivity (Wildman–Crippen MR) is 117 cm³/mol. The van der Waals surface area contributed by atoms with Crippen molar-refractivity contribution in [3.63, 3.8) is 0 Å². The molecule has 152 valence electrons. The molecule has 1 aromatic carbocycles. The molecule has 1 aliphatic heterocycles. The Morgan fingerprint density at radius 1 is 1.03 bits per heavy atom. The van der Waals surface area contributed by atoms with E-state index in [0.29, 0.717) is 11.2 Å². The van der Waals surface area contributed by atoms with E-state index in [4.69, 9.17) is 10.7 Å². The molecule has 4 aromatic rings. The Labute approximate surface area is 174 Å². The first-order valence-electron chi connectivity index (χ1n) is 10.2. The lowest BCUT2D eigenvalue weighted by Gasteiger charge is -2.27. The zero-order chi connectivity index (χ0) is 20.3. The van der Waals surface area contributed by atoms with Crippen LogP contribution in [0.1, 0.15) is 5.56 Å². The average molecular weight is 400 g/mol. The number of hydrogen-bond acceptors (Lipinski definition) is 7. The van der Waals surface area contributed by atoms with E-state index in [0.717, 1.165) is 56.2 Å². The molecule has 3 N–H and O–H groups in total. The minimum atomic E-state index is 0.236. The Morgan fingerprint density at radius 3 is 2.70 bits per heavy atom. The Hall–Kier alpha value is -3.36. The first-order valence-corrected chi connectivity index (χ1v) is 10.2. The highest BCUT2D eigenvalue weighted by atomic mass is 15.2. The van der Waals surface area contributed by atoms with E-state index in [-0.39, 0.29) is 5.95 Å². The molecule has 0 bridgehead atoms. The summed E-state index contributed by atoms with van der Waals surface area (Å²) in [6.07, 6.45) is 6.21. The van der Waals surface area contributed by atoms with Crippen molar-refractivity contribution < 1.29 is 0 Å². The molecule has 3 aromatic heterocycles. The third kappa shape index (κ3) is 3.74. The first kappa shape index (κ1) is 18.7. The minimum absolute atomic E-state index is 0.236. The molecule has 5 rings (SSSR count). The van der Waals surface area contributed by atoms with Gasteiger partial charge in [0.1, 0.15) is 11.3 Å². The summed E-state index contributed by atoms with van der Waals surface area (Å²) < 4.78 is 2.05. The number of rotatable bonds is 5. The predicted octanol–water partition coefficient (Wildman–Crippen LogP) is 1.91. The Kier molecular flexibility index (Phi) is 5.08. The molecule has 0 saturated carbocycles. The lowest BCUT2D eigenvalue weighted by atomic mass is 10.1. The number of imidazole rings is 1. The molecule has 0 radical (unpaired) electrons. The number of nitrogens with zero attached hydrogens (tertiary/aromatic N) is 6. The molecule has 8 heteroatoms. The van der Waals surface area contributed by atoms with Crippen molar-refractivity contribution in [3.05, 3.63) is 60.6 Å². The molecule has 0 spiro atoms. The van der Waals surface area contributed by atoms with Gasteiger partial charge >= 0.3 is 0 Å². The zero-order valence-corrected chi connectivity index (χ0v) is 16.7. The first-order chi connectivity index (χ1) is 14.8. The fourth-order valence-corrected chi connectivity index (χ4v) is 3.90. The molecule has 8 nitrogen and oxygen atoms in total. The van der Waals surface area contributed by atoms with E-state index < -0.39 is 0 Å². The zero-order valence-electron chi connectivity index (χ0n) is 16.7. The Bertz CT molecular complexity index is 1150. The topological polar surface area (TPSA) is 97.8 Å². The van der Waals surface area contributed by atoms with Crippen molar-refractivity contribution in [1.82, 2.24) is 34.7 Å². The second kappa shape index (κ2) is 8.17. The second-order valence-corrected chi connectivity index (χ2v) is 7.46. The standard InChI is InChI=1S/C22H24N8/c23-22-26-15-19-21(28-22)30(20(27-19)17-4-7-24-8-5-17)18-3-1-2-16(14-18)6-11-29-12-9-25-10-13-29/h1-5,7-8,14-15,25H,6,9-13H2,(H2,23,26,28). The number of nitrogens with two attached hydrogens (primary N) is 1. The molecule has 1 aliphatic rings. The van der Waals surface area contributed by atoms with Crippen molar-refractivity contribution in [2.24, 2.45) is 0 Å². The van der Waals surface area contributed by atoms with Crippen LogP contribution < -0.4 is 11.1 Å². The number of hydrogen-bond donors (Lipinski definition) is 2. The maximum absolute atomic E-state index is 5.90. The Morgan fingerprint density at radius 2 is 1.87 bits per heavy atom. The number of fused-ring (bicyclic) bond motifs is 1. The third-order valence-corrected chi connectivity index (χ3v) is 5.45. The van der Waals surface area contributed by atoms with Crippen LogP contribution in [-0.4, -0.2) is 62.1 Å². The maximum atomic E-state index is 5.90. The fourth-order valence-electron chi connectivity index (χ4n) is 3.90. The van der Waals surface area contributed by atoms with Gasteiger partial charge in [0, 0.05) is 56.4 Å². The highest BCUT2D eigenvalue weighted by Gasteiger charge is 2.17. The van der Waals surface area contributed by atoms with Gasteiger partial charge in [-0.25, -0.2) is 9.97 Å². The van der Waals surface area contributed by atoms with Crippen molar-refractivity contribution >= 4 is 17.1 Å². The van der Waals surface area contributed by atoms with E-state index >= 15 is 0 Å². The molecule has 4 heterocycles. The van der Waals surface area contributed by atoms with Crippen molar-refractivity contribution in [3.8, 4) is 17.1 Å². The summed E-state index contributed by atoms with van der Waals surface area (Å²) in [7, 11) is 0. The number of anilines is 1. The van der Waals surface area contributed by atoms with Gasteiger partial charge in [-0.3, -0.25) is 9.55 Å². The molecule has 30 heavy (non-hydrogen) atoms. The SMILES string of the molecule is Nc1ncc2nc(-c3ccncc3)n(-c3cccc(CCN4CCNCC4)c3)c2n1. The van der Waals surface area contributed by atoms with Gasteiger partial charge in [-0.15, -0.1) is 0 Å². The van der Waals surface area contributed by atoms with Gasteiger partial charge in [-0.05, 0) is 36.2 Å². The fraction of sp³-hybridized carbons (Fsp3) is 0.273. The van der Waals surface area contributed by atoms with Crippen LogP contribution >= 0.6 is 0 Å². The summed E-state index contributed by atoms with van der Waals surface area (Å²) >= 11 is 0. The van der Waals surface area contributed by atoms with E-state index in [1.54, 1.807) is 18.6 Å². The summed E-state index contributed by atoms with van der Waals surface area (Å²) in [6.45, 7) is 5.40. The molecule has 0 amide bonds. The summed E-state index contributed by atoms with van der Waals surface area (Å²) in [5.74, 6) is 1.03. The van der Waals surface area contributed by atoms with E-state index in [2.05, 4.69) is 54.0 Å². The Balaban J connectivity index is 1.54. The van der Waals surface area contributed by atoms with Crippen molar-refractivity contribution in [1.29, 1.82) is 0 Å². The smallest absolute Gasteiger partial charge is 0.222 e. The van der Waals surface area contributed by atoms with Crippen LogP contribution in [0.15, 0.2) is 55.0 Å². The minimum Gasteiger partial charge on any atom is -0.368 e. The van der Waals surface area contributed by atoms with Crippen LogP contribution in [0.4, 0.5) is 5.95 Å². The summed E-state index contributed by atoms with van der Waals surface area (Å²) in [5, 5.41) is 3.41. The van der Waals surface area contributed by atoms with Gasteiger partial charge in [0.05, 0.1) is 6.20 Å². The molecular formula is C22H24N8. The summed E-state index contributed by atoms with van der Waals surface area (Å²) in [4.78, 5) is 20.0. The van der Waals surface area contributed by atoms with Gasteiger partial charge in [0.25, 0.3) is 0 Å². The number of pyridine rings is 1. The van der Waals surface area contributed by atoms with Crippen LogP contribution in [0.2, 0.25) is 0 Å². The van der Waals surface area contributed by atoms with Gasteiger partial charge < -0.3 is 16.0 Å². The van der Waals surface area contributed by atoms with Gasteiger partial charge in [-0.1, -0.05) is 12.1 Å². The molecule has 0 aliphatic carbocycles. The lowest BCUT2D eigenvalue weighted by molar-refractivity contribution is 0.244. The normalized spacial score (nSPS) is 14.9. The number of aromatic nitrogens is 5. The molecule has 0 unspecified atom stereocenters. The van der Waals surface area contributed by atoms with Crippen molar-refractivity contribution in [2.45, 2.75) is 6.42 Å². The van der Waals surface area contributed by atoms with Crippen LogP contribution in [0.3, 0.4) is 0 Å². The van der Waals surface area contributed by atoms with Crippen molar-refractivity contribution in [2.75, 3.05) is 38.5 Å². The van der Waals surface area contributed by atoms with E-state index in [1.165, 1.54) is 5.56 Å². The molecule has 1 fully saturated rings. The number of piperazine rings is 1.